The van der Waals surface area contributed by atoms with Crippen LogP contribution in [0.25, 0.3) is 10.9 Å². The average Bonchev–Trinajstić information content (AvgIpc) is 3.41. The Hall–Kier alpha value is -2.43. The number of amides is 1. The van der Waals surface area contributed by atoms with Crippen molar-refractivity contribution in [1.29, 1.82) is 0 Å². The molecule has 0 radical (unpaired) electrons. The zero-order valence-electron chi connectivity index (χ0n) is 17.5. The van der Waals surface area contributed by atoms with E-state index in [1.165, 1.54) is 0 Å². The molecule has 5 nitrogen and oxygen atoms in total. The maximum atomic E-state index is 12.7. The number of rotatable bonds is 6. The molecule has 3 rings (SSSR count). The van der Waals surface area contributed by atoms with Crippen molar-refractivity contribution in [3.05, 3.63) is 41.6 Å². The minimum absolute atomic E-state index is 0.0859. The van der Waals surface area contributed by atoms with Crippen LogP contribution in [-0.4, -0.2) is 29.0 Å². The summed E-state index contributed by atoms with van der Waals surface area (Å²) in [6.45, 7) is 10.1. The Morgan fingerprint density at radius 1 is 1.14 bits per heavy atom. The van der Waals surface area contributed by atoms with Gasteiger partial charge in [0.1, 0.15) is 0 Å². The Bertz CT molecular complexity index is 892. The third-order valence-electron chi connectivity index (χ3n) is 4.74. The second-order valence-corrected chi connectivity index (χ2v) is 9.63. The Kier molecular flexibility index (Phi) is 5.46. The highest BCUT2D eigenvalue weighted by Gasteiger charge is 2.29. The summed E-state index contributed by atoms with van der Waals surface area (Å²) in [6, 6.07) is 9.37. The smallest absolute Gasteiger partial charge is 0.339 e. The van der Waals surface area contributed by atoms with Crippen molar-refractivity contribution in [2.24, 2.45) is 5.41 Å². The summed E-state index contributed by atoms with van der Waals surface area (Å²) in [7, 11) is 0. The normalized spacial score (nSPS) is 14.8. The lowest BCUT2D eigenvalue weighted by Crippen LogP contribution is -2.47. The van der Waals surface area contributed by atoms with Crippen LogP contribution in [0.5, 0.6) is 0 Å². The van der Waals surface area contributed by atoms with Crippen molar-refractivity contribution in [2.75, 3.05) is 6.61 Å². The average molecular weight is 383 g/mol. The molecule has 0 spiro atoms. The van der Waals surface area contributed by atoms with E-state index in [-0.39, 0.29) is 23.5 Å². The first-order valence-electron chi connectivity index (χ1n) is 9.92. The van der Waals surface area contributed by atoms with E-state index in [1.54, 1.807) is 0 Å². The Labute approximate surface area is 166 Å². The number of para-hydroxylation sites is 1. The van der Waals surface area contributed by atoms with E-state index in [2.05, 4.69) is 31.1 Å². The molecule has 0 aliphatic heterocycles. The molecular weight excluding hydrogens is 352 g/mol. The lowest BCUT2D eigenvalue weighted by Gasteiger charge is -2.33. The molecule has 150 valence electrons. The number of fused-ring (bicyclic) bond motifs is 1. The van der Waals surface area contributed by atoms with Gasteiger partial charge in [-0.05, 0) is 50.7 Å². The number of ether oxygens (including phenoxy) is 1. The van der Waals surface area contributed by atoms with Gasteiger partial charge in [-0.3, -0.25) is 9.78 Å². The molecule has 1 N–H and O–H groups in total. The molecule has 0 saturated heterocycles. The zero-order valence-corrected chi connectivity index (χ0v) is 17.5. The van der Waals surface area contributed by atoms with Crippen LogP contribution in [0.2, 0.25) is 0 Å². The van der Waals surface area contributed by atoms with Gasteiger partial charge in [0.25, 0.3) is 5.91 Å². The molecule has 1 fully saturated rings. The van der Waals surface area contributed by atoms with Crippen molar-refractivity contribution >= 4 is 22.8 Å². The fourth-order valence-electron chi connectivity index (χ4n) is 3.95. The Balaban J connectivity index is 1.69. The van der Waals surface area contributed by atoms with Crippen molar-refractivity contribution in [3.63, 3.8) is 0 Å². The molecule has 0 bridgehead atoms. The van der Waals surface area contributed by atoms with E-state index in [9.17, 15) is 9.59 Å². The monoisotopic (exact) mass is 382 g/mol. The molecule has 1 aromatic carbocycles. The van der Waals surface area contributed by atoms with Crippen LogP contribution in [0, 0.1) is 5.41 Å². The second kappa shape index (κ2) is 7.53. The molecule has 1 aliphatic rings. The number of carbonyl (C=O) groups excluding carboxylic acids is 2. The van der Waals surface area contributed by atoms with E-state index >= 15 is 0 Å². The number of hydrogen-bond acceptors (Lipinski definition) is 4. The number of pyridine rings is 1. The van der Waals surface area contributed by atoms with Crippen molar-refractivity contribution in [1.82, 2.24) is 10.3 Å². The van der Waals surface area contributed by atoms with E-state index in [0.29, 0.717) is 11.5 Å². The van der Waals surface area contributed by atoms with Gasteiger partial charge in [0.05, 0.1) is 11.1 Å². The first-order valence-corrected chi connectivity index (χ1v) is 9.92. The minimum Gasteiger partial charge on any atom is -0.452 e. The van der Waals surface area contributed by atoms with Gasteiger partial charge in [-0.1, -0.05) is 39.0 Å². The van der Waals surface area contributed by atoms with E-state index in [4.69, 9.17) is 4.74 Å². The first kappa shape index (κ1) is 20.3. The lowest BCUT2D eigenvalue weighted by molar-refractivity contribution is -0.126. The highest BCUT2D eigenvalue weighted by Crippen LogP contribution is 2.40. The number of esters is 1. The van der Waals surface area contributed by atoms with Crippen molar-refractivity contribution < 1.29 is 14.3 Å². The fourth-order valence-corrected chi connectivity index (χ4v) is 3.95. The molecule has 1 heterocycles. The largest absolute Gasteiger partial charge is 0.452 e. The molecule has 2 aromatic rings. The number of nitrogens with zero attached hydrogens (tertiary/aromatic N) is 1. The third kappa shape index (κ3) is 5.31. The maximum Gasteiger partial charge on any atom is 0.339 e. The van der Waals surface area contributed by atoms with E-state index in [0.717, 1.165) is 35.9 Å². The van der Waals surface area contributed by atoms with Crippen LogP contribution < -0.4 is 5.32 Å². The quantitative estimate of drug-likeness (QED) is 0.742. The Morgan fingerprint density at radius 2 is 1.82 bits per heavy atom. The van der Waals surface area contributed by atoms with Crippen LogP contribution in [0.4, 0.5) is 0 Å². The van der Waals surface area contributed by atoms with Gasteiger partial charge in [0.15, 0.2) is 6.61 Å². The topological polar surface area (TPSA) is 68.3 Å². The minimum atomic E-state index is -0.482. The van der Waals surface area contributed by atoms with Crippen LogP contribution in [-0.2, 0) is 9.53 Å². The van der Waals surface area contributed by atoms with Gasteiger partial charge < -0.3 is 10.1 Å². The number of hydrogen-bond donors (Lipinski definition) is 1. The molecule has 0 atom stereocenters. The van der Waals surface area contributed by atoms with Crippen LogP contribution in [0.1, 0.15) is 75.9 Å². The van der Waals surface area contributed by atoms with Crippen molar-refractivity contribution in [3.8, 4) is 0 Å². The summed E-state index contributed by atoms with van der Waals surface area (Å²) in [4.78, 5) is 29.7. The molecule has 1 amide bonds. The number of carbonyl (C=O) groups is 2. The zero-order chi connectivity index (χ0) is 20.5. The number of benzene rings is 1. The second-order valence-electron chi connectivity index (χ2n) is 9.63. The molecule has 28 heavy (non-hydrogen) atoms. The number of nitrogens with one attached hydrogen (secondary N) is 1. The standard InChI is InChI=1S/C23H30N2O3/c1-22(2,3)14-23(4,5)25-20(26)13-28-21(27)17-12-19(15-10-11-15)24-18-9-7-6-8-16(17)18/h6-9,12,15H,10-11,13-14H2,1-5H3,(H,25,26). The summed E-state index contributed by atoms with van der Waals surface area (Å²) in [5, 5.41) is 3.72. The fraction of sp³-hybridized carbons (Fsp3) is 0.522. The molecule has 5 heteroatoms. The summed E-state index contributed by atoms with van der Waals surface area (Å²) in [5.41, 5.74) is 1.91. The summed E-state index contributed by atoms with van der Waals surface area (Å²) in [6.07, 6.45) is 3.02. The van der Waals surface area contributed by atoms with Gasteiger partial charge in [0, 0.05) is 22.5 Å². The highest BCUT2D eigenvalue weighted by molar-refractivity contribution is 6.04. The summed E-state index contributed by atoms with van der Waals surface area (Å²) >= 11 is 0. The van der Waals surface area contributed by atoms with Gasteiger partial charge in [-0.2, -0.15) is 0 Å². The number of aromatic nitrogens is 1. The van der Waals surface area contributed by atoms with Gasteiger partial charge in [0.2, 0.25) is 0 Å². The summed E-state index contributed by atoms with van der Waals surface area (Å²) < 4.78 is 5.35. The maximum absolute atomic E-state index is 12.7. The third-order valence-corrected chi connectivity index (χ3v) is 4.74. The predicted octanol–water partition coefficient (Wildman–Crippen LogP) is 4.60. The molecular formula is C23H30N2O3. The predicted molar refractivity (Wildman–Crippen MR) is 110 cm³/mol. The van der Waals surface area contributed by atoms with Crippen LogP contribution in [0.15, 0.2) is 30.3 Å². The SMILES string of the molecule is CC(C)(C)CC(C)(C)NC(=O)COC(=O)c1cc(C2CC2)nc2ccccc12. The van der Waals surface area contributed by atoms with Gasteiger partial charge >= 0.3 is 5.97 Å². The lowest BCUT2D eigenvalue weighted by atomic mass is 9.82. The summed E-state index contributed by atoms with van der Waals surface area (Å²) in [5.74, 6) is -0.342. The van der Waals surface area contributed by atoms with E-state index < -0.39 is 5.97 Å². The molecule has 1 aromatic heterocycles. The molecule has 1 saturated carbocycles. The van der Waals surface area contributed by atoms with Gasteiger partial charge in [-0.15, -0.1) is 0 Å². The molecule has 0 unspecified atom stereocenters. The highest BCUT2D eigenvalue weighted by atomic mass is 16.5. The molecule has 1 aliphatic carbocycles. The Morgan fingerprint density at radius 3 is 2.46 bits per heavy atom. The first-order chi connectivity index (χ1) is 13.0. The van der Waals surface area contributed by atoms with Gasteiger partial charge in [-0.25, -0.2) is 4.79 Å². The van der Waals surface area contributed by atoms with Crippen LogP contribution in [0.3, 0.4) is 0 Å². The van der Waals surface area contributed by atoms with Crippen molar-refractivity contribution in [2.45, 2.75) is 65.3 Å². The van der Waals surface area contributed by atoms with E-state index in [1.807, 2.05) is 44.2 Å². The van der Waals surface area contributed by atoms with Crippen LogP contribution >= 0.6 is 0 Å².